The standard InChI is InChI=1S/C29H24N2O4S/c1-33-24-16-17-25(34-2)27-26(24)30-29(36-27)31(19-20-10-5-3-6-11-20)28(32)21-12-9-15-23(18-21)35-22-13-7-4-8-14-22/h3-18H,19H2,1-2H3. The van der Waals surface area contributed by atoms with E-state index in [0.717, 1.165) is 10.3 Å². The van der Waals surface area contributed by atoms with Crippen molar-refractivity contribution in [2.45, 2.75) is 6.54 Å². The Morgan fingerprint density at radius 3 is 2.19 bits per heavy atom. The Hall–Kier alpha value is -4.36. The van der Waals surface area contributed by atoms with E-state index in [1.54, 1.807) is 31.3 Å². The van der Waals surface area contributed by atoms with Crippen molar-refractivity contribution in [1.82, 2.24) is 4.98 Å². The molecular formula is C29H24N2O4S. The normalized spacial score (nSPS) is 10.7. The van der Waals surface area contributed by atoms with Gasteiger partial charge in [0.25, 0.3) is 5.91 Å². The molecule has 0 aliphatic carbocycles. The molecule has 1 amide bonds. The van der Waals surface area contributed by atoms with Crippen molar-refractivity contribution in [3.8, 4) is 23.0 Å². The largest absolute Gasteiger partial charge is 0.495 e. The number of carbonyl (C=O) groups is 1. The van der Waals surface area contributed by atoms with Crippen molar-refractivity contribution in [3.05, 3.63) is 108 Å². The van der Waals surface area contributed by atoms with Crippen LogP contribution in [0.2, 0.25) is 0 Å². The van der Waals surface area contributed by atoms with Gasteiger partial charge in [-0.1, -0.05) is 65.9 Å². The van der Waals surface area contributed by atoms with Crippen molar-refractivity contribution in [1.29, 1.82) is 0 Å². The molecule has 1 heterocycles. The molecule has 0 aliphatic rings. The molecule has 0 atom stereocenters. The first-order valence-corrected chi connectivity index (χ1v) is 12.2. The zero-order valence-corrected chi connectivity index (χ0v) is 20.7. The molecule has 0 N–H and O–H groups in total. The van der Waals surface area contributed by atoms with E-state index < -0.39 is 0 Å². The number of ether oxygens (including phenoxy) is 3. The first-order valence-electron chi connectivity index (χ1n) is 11.4. The lowest BCUT2D eigenvalue weighted by Crippen LogP contribution is -2.30. The first kappa shape index (κ1) is 23.4. The minimum absolute atomic E-state index is 0.186. The minimum Gasteiger partial charge on any atom is -0.495 e. The van der Waals surface area contributed by atoms with Gasteiger partial charge in [-0.25, -0.2) is 4.98 Å². The summed E-state index contributed by atoms with van der Waals surface area (Å²) in [5.74, 6) is 2.40. The average molecular weight is 497 g/mol. The summed E-state index contributed by atoms with van der Waals surface area (Å²) in [6.07, 6.45) is 0. The average Bonchev–Trinajstić information content (AvgIpc) is 3.37. The van der Waals surface area contributed by atoms with Crippen LogP contribution in [-0.2, 0) is 6.54 Å². The third-order valence-electron chi connectivity index (χ3n) is 5.62. The fraction of sp³-hybridized carbons (Fsp3) is 0.103. The van der Waals surface area contributed by atoms with E-state index in [0.29, 0.717) is 45.8 Å². The molecule has 36 heavy (non-hydrogen) atoms. The summed E-state index contributed by atoms with van der Waals surface area (Å²) in [6.45, 7) is 0.355. The highest BCUT2D eigenvalue weighted by atomic mass is 32.1. The van der Waals surface area contributed by atoms with E-state index in [1.807, 2.05) is 84.9 Å². The number of fused-ring (bicyclic) bond motifs is 1. The monoisotopic (exact) mass is 496 g/mol. The molecule has 0 aliphatic heterocycles. The molecule has 0 bridgehead atoms. The van der Waals surface area contributed by atoms with E-state index >= 15 is 0 Å². The van der Waals surface area contributed by atoms with Gasteiger partial charge in [-0.05, 0) is 48.0 Å². The Labute approximate surface area is 213 Å². The Bertz CT molecular complexity index is 1440. The second-order valence-corrected chi connectivity index (χ2v) is 8.94. The first-order chi connectivity index (χ1) is 17.7. The van der Waals surface area contributed by atoms with Crippen LogP contribution in [0.25, 0.3) is 10.2 Å². The molecule has 1 aromatic heterocycles. The maximum Gasteiger partial charge on any atom is 0.260 e. The Balaban J connectivity index is 1.55. The summed E-state index contributed by atoms with van der Waals surface area (Å²) >= 11 is 1.39. The van der Waals surface area contributed by atoms with Gasteiger partial charge in [0.15, 0.2) is 5.13 Å². The van der Waals surface area contributed by atoms with Gasteiger partial charge in [0.1, 0.15) is 33.2 Å². The van der Waals surface area contributed by atoms with Crippen molar-refractivity contribution < 1.29 is 19.0 Å². The van der Waals surface area contributed by atoms with E-state index in [4.69, 9.17) is 19.2 Å². The van der Waals surface area contributed by atoms with E-state index in [1.165, 1.54) is 11.3 Å². The smallest absolute Gasteiger partial charge is 0.260 e. The second-order valence-electron chi connectivity index (χ2n) is 7.96. The van der Waals surface area contributed by atoms with Crippen molar-refractivity contribution >= 4 is 32.6 Å². The lowest BCUT2D eigenvalue weighted by molar-refractivity contribution is 0.0985. The molecule has 0 saturated carbocycles. The van der Waals surface area contributed by atoms with Gasteiger partial charge in [-0.3, -0.25) is 9.69 Å². The molecule has 0 fully saturated rings. The third kappa shape index (κ3) is 4.87. The predicted molar refractivity (Wildman–Crippen MR) is 143 cm³/mol. The van der Waals surface area contributed by atoms with Crippen LogP contribution < -0.4 is 19.1 Å². The van der Waals surface area contributed by atoms with Gasteiger partial charge in [-0.15, -0.1) is 0 Å². The van der Waals surface area contributed by atoms with Crippen LogP contribution in [-0.4, -0.2) is 25.1 Å². The van der Waals surface area contributed by atoms with Crippen molar-refractivity contribution in [2.75, 3.05) is 19.1 Å². The summed E-state index contributed by atoms with van der Waals surface area (Å²) in [5, 5.41) is 0.552. The zero-order valence-electron chi connectivity index (χ0n) is 19.9. The number of benzene rings is 4. The van der Waals surface area contributed by atoms with Gasteiger partial charge >= 0.3 is 0 Å². The van der Waals surface area contributed by atoms with Crippen LogP contribution >= 0.6 is 11.3 Å². The van der Waals surface area contributed by atoms with Crippen LogP contribution in [0.4, 0.5) is 5.13 Å². The molecule has 7 heteroatoms. The number of rotatable bonds is 8. The molecule has 0 spiro atoms. The highest BCUT2D eigenvalue weighted by Crippen LogP contribution is 2.41. The fourth-order valence-electron chi connectivity index (χ4n) is 3.86. The zero-order chi connectivity index (χ0) is 24.9. The molecule has 5 aromatic rings. The third-order valence-corrected chi connectivity index (χ3v) is 6.71. The Kier molecular flexibility index (Phi) is 6.82. The van der Waals surface area contributed by atoms with Gasteiger partial charge < -0.3 is 14.2 Å². The number of para-hydroxylation sites is 1. The molecule has 0 saturated heterocycles. The molecule has 5 rings (SSSR count). The number of hydrogen-bond acceptors (Lipinski definition) is 6. The van der Waals surface area contributed by atoms with E-state index in [-0.39, 0.29) is 5.91 Å². The molecule has 6 nitrogen and oxygen atoms in total. The number of anilines is 1. The predicted octanol–water partition coefficient (Wildman–Crippen LogP) is 6.95. The lowest BCUT2D eigenvalue weighted by Gasteiger charge is -2.20. The van der Waals surface area contributed by atoms with Crippen molar-refractivity contribution in [2.24, 2.45) is 0 Å². The topological polar surface area (TPSA) is 60.9 Å². The van der Waals surface area contributed by atoms with E-state index in [2.05, 4.69) is 0 Å². The minimum atomic E-state index is -0.186. The number of nitrogens with zero attached hydrogens (tertiary/aromatic N) is 2. The summed E-state index contributed by atoms with van der Waals surface area (Å²) in [5.41, 5.74) is 2.14. The van der Waals surface area contributed by atoms with Gasteiger partial charge in [0.2, 0.25) is 0 Å². The number of methoxy groups -OCH3 is 2. The summed E-state index contributed by atoms with van der Waals surface area (Å²) < 4.78 is 17.9. The number of amides is 1. The van der Waals surface area contributed by atoms with Gasteiger partial charge in [0, 0.05) is 5.56 Å². The van der Waals surface area contributed by atoms with Crippen LogP contribution in [0, 0.1) is 0 Å². The number of aromatic nitrogens is 1. The maximum atomic E-state index is 13.9. The Morgan fingerprint density at radius 1 is 0.806 bits per heavy atom. The summed E-state index contributed by atoms with van der Waals surface area (Å²) in [4.78, 5) is 20.4. The summed E-state index contributed by atoms with van der Waals surface area (Å²) in [6, 6.07) is 30.2. The summed E-state index contributed by atoms with van der Waals surface area (Å²) in [7, 11) is 3.22. The molecule has 4 aromatic carbocycles. The van der Waals surface area contributed by atoms with Crippen LogP contribution in [0.1, 0.15) is 15.9 Å². The quantitative estimate of drug-likeness (QED) is 0.233. The second kappa shape index (κ2) is 10.5. The number of thiazole rings is 1. The molecule has 0 unspecified atom stereocenters. The van der Waals surface area contributed by atoms with E-state index in [9.17, 15) is 4.79 Å². The molecule has 0 radical (unpaired) electrons. The highest BCUT2D eigenvalue weighted by molar-refractivity contribution is 7.22. The SMILES string of the molecule is COc1ccc(OC)c2sc(N(Cc3ccccc3)C(=O)c3cccc(Oc4ccccc4)c3)nc12. The molecule has 180 valence electrons. The van der Waals surface area contributed by atoms with Gasteiger partial charge in [0.05, 0.1) is 20.8 Å². The van der Waals surface area contributed by atoms with Crippen LogP contribution in [0.5, 0.6) is 23.0 Å². The fourth-order valence-corrected chi connectivity index (χ4v) is 4.93. The number of carbonyl (C=O) groups excluding carboxylic acids is 1. The van der Waals surface area contributed by atoms with Gasteiger partial charge in [-0.2, -0.15) is 0 Å². The van der Waals surface area contributed by atoms with Crippen LogP contribution in [0.15, 0.2) is 97.1 Å². The lowest BCUT2D eigenvalue weighted by atomic mass is 10.1. The maximum absolute atomic E-state index is 13.9. The molecular weight excluding hydrogens is 472 g/mol. The highest BCUT2D eigenvalue weighted by Gasteiger charge is 2.24. The van der Waals surface area contributed by atoms with Crippen LogP contribution in [0.3, 0.4) is 0 Å². The number of hydrogen-bond donors (Lipinski definition) is 0. The Morgan fingerprint density at radius 2 is 1.47 bits per heavy atom. The van der Waals surface area contributed by atoms with Crippen molar-refractivity contribution in [3.63, 3.8) is 0 Å².